The van der Waals surface area contributed by atoms with E-state index in [-0.39, 0.29) is 0 Å². The summed E-state index contributed by atoms with van der Waals surface area (Å²) < 4.78 is 1.01. The number of nitrogen functional groups attached to an aromatic ring is 1. The largest absolute Gasteiger partial charge is 0.397 e. The van der Waals surface area contributed by atoms with Crippen LogP contribution in [0.2, 0.25) is 0 Å². The molecule has 0 bridgehead atoms. The molecule has 0 spiro atoms. The molecular weight excluding hydrogens is 254 g/mol. The van der Waals surface area contributed by atoms with E-state index in [0.717, 1.165) is 35.5 Å². The highest BCUT2D eigenvalue weighted by Crippen LogP contribution is 2.22. The van der Waals surface area contributed by atoms with Crippen LogP contribution in [0.5, 0.6) is 0 Å². The molecule has 0 saturated heterocycles. The minimum atomic E-state index is 0.781. The molecular formula is C11H18BrN3. The van der Waals surface area contributed by atoms with Gasteiger partial charge in [0.15, 0.2) is 0 Å². The van der Waals surface area contributed by atoms with Gasteiger partial charge in [-0.3, -0.25) is 0 Å². The summed E-state index contributed by atoms with van der Waals surface area (Å²) in [6.07, 6.45) is 0. The van der Waals surface area contributed by atoms with Crippen LogP contribution in [0.15, 0.2) is 22.7 Å². The standard InChI is InChI=1S/C11H18BrN3/c1-3-15(2)7-6-14-11-5-4-9(12)8-10(11)13/h4-5,8,14H,3,6-7,13H2,1-2H3. The molecule has 1 aromatic rings. The number of likely N-dealkylation sites (N-methyl/N-ethyl adjacent to an activating group) is 1. The lowest BCUT2D eigenvalue weighted by atomic mass is 10.2. The number of anilines is 2. The summed E-state index contributed by atoms with van der Waals surface area (Å²) in [5.74, 6) is 0. The van der Waals surface area contributed by atoms with Gasteiger partial charge in [-0.1, -0.05) is 22.9 Å². The molecule has 0 heterocycles. The van der Waals surface area contributed by atoms with Gasteiger partial charge < -0.3 is 16.0 Å². The quantitative estimate of drug-likeness (QED) is 0.809. The fraction of sp³-hybridized carbons (Fsp3) is 0.455. The van der Waals surface area contributed by atoms with Crippen molar-refractivity contribution in [3.8, 4) is 0 Å². The van der Waals surface area contributed by atoms with Crippen molar-refractivity contribution >= 4 is 27.3 Å². The Bertz CT molecular complexity index is 315. The molecule has 0 saturated carbocycles. The lowest BCUT2D eigenvalue weighted by molar-refractivity contribution is 0.367. The number of hydrogen-bond donors (Lipinski definition) is 2. The van der Waals surface area contributed by atoms with E-state index >= 15 is 0 Å². The first-order chi connectivity index (χ1) is 7.13. The van der Waals surface area contributed by atoms with E-state index in [9.17, 15) is 0 Å². The first-order valence-electron chi connectivity index (χ1n) is 5.11. The SMILES string of the molecule is CCN(C)CCNc1ccc(Br)cc1N. The van der Waals surface area contributed by atoms with Crippen LogP contribution in [0, 0.1) is 0 Å². The minimum Gasteiger partial charge on any atom is -0.397 e. The van der Waals surface area contributed by atoms with Crippen molar-refractivity contribution < 1.29 is 0 Å². The molecule has 3 N–H and O–H groups in total. The molecule has 0 aliphatic carbocycles. The van der Waals surface area contributed by atoms with Crippen molar-refractivity contribution in [1.82, 2.24) is 4.90 Å². The molecule has 0 aromatic heterocycles. The van der Waals surface area contributed by atoms with E-state index in [4.69, 9.17) is 5.73 Å². The number of rotatable bonds is 5. The summed E-state index contributed by atoms with van der Waals surface area (Å²) in [5, 5.41) is 3.32. The Labute approximate surface area is 99.8 Å². The van der Waals surface area contributed by atoms with E-state index in [1.807, 2.05) is 18.2 Å². The highest BCUT2D eigenvalue weighted by atomic mass is 79.9. The molecule has 0 radical (unpaired) electrons. The average molecular weight is 272 g/mol. The van der Waals surface area contributed by atoms with Crippen molar-refractivity contribution in [1.29, 1.82) is 0 Å². The molecule has 4 heteroatoms. The smallest absolute Gasteiger partial charge is 0.0575 e. The van der Waals surface area contributed by atoms with Crippen LogP contribution >= 0.6 is 15.9 Å². The lowest BCUT2D eigenvalue weighted by Gasteiger charge is -2.15. The number of benzene rings is 1. The summed E-state index contributed by atoms with van der Waals surface area (Å²) in [6.45, 7) is 5.15. The Morgan fingerprint density at radius 3 is 2.80 bits per heavy atom. The maximum Gasteiger partial charge on any atom is 0.0575 e. The molecule has 0 fully saturated rings. The fourth-order valence-electron chi connectivity index (χ4n) is 1.23. The highest BCUT2D eigenvalue weighted by molar-refractivity contribution is 9.10. The number of nitrogens with zero attached hydrogens (tertiary/aromatic N) is 1. The minimum absolute atomic E-state index is 0.781. The molecule has 0 unspecified atom stereocenters. The van der Waals surface area contributed by atoms with E-state index in [0.29, 0.717) is 0 Å². The van der Waals surface area contributed by atoms with Gasteiger partial charge in [0.25, 0.3) is 0 Å². The van der Waals surface area contributed by atoms with Crippen LogP contribution in [0.3, 0.4) is 0 Å². The number of nitrogens with one attached hydrogen (secondary N) is 1. The third-order valence-electron chi connectivity index (χ3n) is 2.36. The lowest BCUT2D eigenvalue weighted by Crippen LogP contribution is -2.24. The Hall–Kier alpha value is -0.740. The second-order valence-corrected chi connectivity index (χ2v) is 4.47. The van der Waals surface area contributed by atoms with E-state index in [1.165, 1.54) is 0 Å². The zero-order chi connectivity index (χ0) is 11.3. The first-order valence-corrected chi connectivity index (χ1v) is 5.90. The summed E-state index contributed by atoms with van der Waals surface area (Å²) >= 11 is 3.38. The van der Waals surface area contributed by atoms with Gasteiger partial charge in [-0.25, -0.2) is 0 Å². The van der Waals surface area contributed by atoms with Crippen molar-refractivity contribution in [2.75, 3.05) is 37.7 Å². The summed E-state index contributed by atoms with van der Waals surface area (Å²) in [5.41, 5.74) is 7.65. The van der Waals surface area contributed by atoms with Crippen LogP contribution in [0.4, 0.5) is 11.4 Å². The zero-order valence-corrected chi connectivity index (χ0v) is 10.8. The van der Waals surface area contributed by atoms with Crippen LogP contribution in [0.1, 0.15) is 6.92 Å². The Kier molecular flexibility index (Phi) is 4.91. The van der Waals surface area contributed by atoms with E-state index in [1.54, 1.807) is 0 Å². The molecule has 0 amide bonds. The number of nitrogens with two attached hydrogens (primary N) is 1. The van der Waals surface area contributed by atoms with Gasteiger partial charge >= 0.3 is 0 Å². The second-order valence-electron chi connectivity index (χ2n) is 3.55. The topological polar surface area (TPSA) is 41.3 Å². The van der Waals surface area contributed by atoms with Crippen molar-refractivity contribution in [3.63, 3.8) is 0 Å². The zero-order valence-electron chi connectivity index (χ0n) is 9.26. The summed E-state index contributed by atoms with van der Waals surface area (Å²) in [6, 6.07) is 5.89. The molecule has 0 aliphatic rings. The van der Waals surface area contributed by atoms with E-state index in [2.05, 4.69) is 40.1 Å². The number of halogens is 1. The fourth-order valence-corrected chi connectivity index (χ4v) is 1.61. The maximum absolute atomic E-state index is 5.86. The van der Waals surface area contributed by atoms with E-state index < -0.39 is 0 Å². The van der Waals surface area contributed by atoms with Crippen LogP contribution < -0.4 is 11.1 Å². The predicted molar refractivity (Wildman–Crippen MR) is 70.2 cm³/mol. The highest BCUT2D eigenvalue weighted by Gasteiger charge is 1.99. The Morgan fingerprint density at radius 2 is 2.20 bits per heavy atom. The Morgan fingerprint density at radius 1 is 1.47 bits per heavy atom. The van der Waals surface area contributed by atoms with Crippen LogP contribution in [-0.4, -0.2) is 31.6 Å². The second kappa shape index (κ2) is 5.98. The van der Waals surface area contributed by atoms with Crippen LogP contribution in [0.25, 0.3) is 0 Å². The molecule has 1 aromatic carbocycles. The Balaban J connectivity index is 2.44. The van der Waals surface area contributed by atoms with Gasteiger partial charge in [0, 0.05) is 17.6 Å². The summed E-state index contributed by atoms with van der Waals surface area (Å²) in [7, 11) is 2.10. The van der Waals surface area contributed by atoms with Gasteiger partial charge in [-0.2, -0.15) is 0 Å². The van der Waals surface area contributed by atoms with Crippen molar-refractivity contribution in [3.05, 3.63) is 22.7 Å². The molecule has 3 nitrogen and oxygen atoms in total. The molecule has 0 aliphatic heterocycles. The predicted octanol–water partition coefficient (Wildman–Crippen LogP) is 2.39. The third-order valence-corrected chi connectivity index (χ3v) is 2.86. The van der Waals surface area contributed by atoms with Gasteiger partial charge in [0.1, 0.15) is 0 Å². The monoisotopic (exact) mass is 271 g/mol. The molecule has 1 rings (SSSR count). The maximum atomic E-state index is 5.86. The van der Waals surface area contributed by atoms with Crippen molar-refractivity contribution in [2.45, 2.75) is 6.92 Å². The molecule has 0 atom stereocenters. The molecule has 84 valence electrons. The molecule has 15 heavy (non-hydrogen) atoms. The average Bonchev–Trinajstić information content (AvgIpc) is 2.21. The third kappa shape index (κ3) is 4.10. The van der Waals surface area contributed by atoms with Crippen molar-refractivity contribution in [2.24, 2.45) is 0 Å². The normalized spacial score (nSPS) is 10.7. The van der Waals surface area contributed by atoms with Gasteiger partial charge in [-0.05, 0) is 31.8 Å². The number of hydrogen-bond acceptors (Lipinski definition) is 3. The van der Waals surface area contributed by atoms with Gasteiger partial charge in [0.05, 0.1) is 11.4 Å². The first kappa shape index (κ1) is 12.3. The van der Waals surface area contributed by atoms with Gasteiger partial charge in [-0.15, -0.1) is 0 Å². The van der Waals surface area contributed by atoms with Crippen LogP contribution in [-0.2, 0) is 0 Å². The summed E-state index contributed by atoms with van der Waals surface area (Å²) in [4.78, 5) is 2.25. The van der Waals surface area contributed by atoms with Gasteiger partial charge in [0.2, 0.25) is 0 Å².